The van der Waals surface area contributed by atoms with Gasteiger partial charge in [0, 0.05) is 45.4 Å². The Labute approximate surface area is 252 Å². The molecule has 5 heteroatoms. The van der Waals surface area contributed by atoms with Gasteiger partial charge in [-0.25, -0.2) is 0 Å². The molecular weight excluding hydrogens is 677 g/mol. The SMILES string of the molecule is [2H]C([2H])([2H])c1ccc(-c2[c-]ccc3c2sc2cc([Si](C)(C)C)ccc23)nc1.[2H]C([2H])([2H])c1ccc(-c2[c-]cccc2)nc1.[Ir]. The van der Waals surface area contributed by atoms with E-state index in [1.54, 1.807) is 41.7 Å². The van der Waals surface area contributed by atoms with Gasteiger partial charge in [0.25, 0.3) is 0 Å². The molecule has 0 spiro atoms. The van der Waals surface area contributed by atoms with Crippen molar-refractivity contribution in [1.29, 1.82) is 0 Å². The molecule has 6 aromatic rings. The van der Waals surface area contributed by atoms with Gasteiger partial charge in [-0.2, -0.15) is 11.3 Å². The standard InChI is InChI=1S/C21H20NSSi.C12H10N.Ir/c1-14-8-11-19(22-13-14)18-7-5-6-17-16-10-9-15(24(2,3)4)12-20(16)23-21(17)18;1-10-7-8-12(13-9-10)11-5-3-2-4-6-11;/h5-6,8-13H,1-4H3;2-5,7-9H,1H3;/q2*-1;/i2*1D3;. The first-order chi connectivity index (χ1) is 20.2. The van der Waals surface area contributed by atoms with Gasteiger partial charge in [-0.1, -0.05) is 66.6 Å². The maximum Gasteiger partial charge on any atom is 0.0776 e. The van der Waals surface area contributed by atoms with Gasteiger partial charge in [-0.3, -0.25) is 0 Å². The number of fused-ring (bicyclic) bond motifs is 3. The molecule has 38 heavy (non-hydrogen) atoms. The number of benzene rings is 3. The Balaban J connectivity index is 0.000000223. The second-order valence-corrected chi connectivity index (χ2v) is 15.9. The van der Waals surface area contributed by atoms with Gasteiger partial charge in [0.05, 0.1) is 8.07 Å². The van der Waals surface area contributed by atoms with Crippen molar-refractivity contribution >= 4 is 44.8 Å². The number of rotatable bonds is 3. The number of hydrogen-bond acceptors (Lipinski definition) is 3. The Morgan fingerprint density at radius 1 is 0.763 bits per heavy atom. The van der Waals surface area contributed by atoms with Crippen LogP contribution in [0.15, 0.2) is 91.3 Å². The molecule has 3 heterocycles. The molecule has 0 aliphatic rings. The van der Waals surface area contributed by atoms with E-state index in [1.807, 2.05) is 24.3 Å². The molecule has 2 nitrogen and oxygen atoms in total. The molecule has 193 valence electrons. The van der Waals surface area contributed by atoms with Gasteiger partial charge in [0.1, 0.15) is 0 Å². The van der Waals surface area contributed by atoms with Crippen molar-refractivity contribution in [3.05, 3.63) is 115 Å². The van der Waals surface area contributed by atoms with Gasteiger partial charge in [0.15, 0.2) is 0 Å². The van der Waals surface area contributed by atoms with E-state index in [9.17, 15) is 0 Å². The van der Waals surface area contributed by atoms with Gasteiger partial charge < -0.3 is 9.97 Å². The molecule has 0 saturated heterocycles. The average molecular weight is 713 g/mol. The van der Waals surface area contributed by atoms with Gasteiger partial charge in [0.2, 0.25) is 0 Å². The van der Waals surface area contributed by atoms with E-state index in [0.717, 1.165) is 27.2 Å². The molecule has 0 unspecified atom stereocenters. The van der Waals surface area contributed by atoms with Crippen molar-refractivity contribution in [2.75, 3.05) is 0 Å². The molecule has 0 amide bonds. The Kier molecular flexibility index (Phi) is 6.52. The van der Waals surface area contributed by atoms with Crippen molar-refractivity contribution in [2.24, 2.45) is 0 Å². The molecule has 0 fully saturated rings. The molecule has 1 radical (unpaired) electrons. The average Bonchev–Trinajstić information content (AvgIpc) is 3.35. The second kappa shape index (κ2) is 11.8. The smallest absolute Gasteiger partial charge is 0.0776 e. The molecule has 3 aromatic heterocycles. The van der Waals surface area contributed by atoms with Crippen LogP contribution in [0.5, 0.6) is 0 Å². The summed E-state index contributed by atoms with van der Waals surface area (Å²) in [7, 11) is -1.37. The summed E-state index contributed by atoms with van der Waals surface area (Å²) >= 11 is 1.76. The molecule has 6 rings (SSSR count). The van der Waals surface area contributed by atoms with Crippen LogP contribution in [-0.2, 0) is 20.1 Å². The first kappa shape index (κ1) is 20.9. The first-order valence-corrected chi connectivity index (χ1v) is 16.3. The van der Waals surface area contributed by atoms with E-state index in [0.29, 0.717) is 0 Å². The third-order valence-corrected chi connectivity index (χ3v) is 9.30. The molecule has 0 atom stereocenters. The van der Waals surface area contributed by atoms with Crippen molar-refractivity contribution in [2.45, 2.75) is 33.3 Å². The van der Waals surface area contributed by atoms with Crippen LogP contribution in [0.1, 0.15) is 19.4 Å². The summed E-state index contributed by atoms with van der Waals surface area (Å²) in [5.74, 6) is 0. The van der Waals surface area contributed by atoms with Crippen LogP contribution in [0.4, 0.5) is 0 Å². The van der Waals surface area contributed by atoms with Gasteiger partial charge in [-0.05, 0) is 52.4 Å². The van der Waals surface area contributed by atoms with Gasteiger partial charge >= 0.3 is 0 Å². The molecule has 0 saturated carbocycles. The van der Waals surface area contributed by atoms with E-state index in [-0.39, 0.29) is 31.2 Å². The summed E-state index contributed by atoms with van der Waals surface area (Å²) in [5.41, 5.74) is 3.79. The molecule has 0 bridgehead atoms. The first-order valence-electron chi connectivity index (χ1n) is 15.0. The minimum Gasteiger partial charge on any atom is -0.304 e. The molecule has 3 aromatic carbocycles. The van der Waals surface area contributed by atoms with E-state index in [2.05, 4.69) is 66.0 Å². The normalized spacial score (nSPS) is 14.1. The van der Waals surface area contributed by atoms with E-state index < -0.39 is 21.8 Å². The number of thiophene rings is 1. The predicted octanol–water partition coefficient (Wildman–Crippen LogP) is 8.63. The van der Waals surface area contributed by atoms with Crippen molar-refractivity contribution in [1.82, 2.24) is 9.97 Å². The quantitative estimate of drug-likeness (QED) is 0.136. The number of aryl methyl sites for hydroxylation is 2. The Morgan fingerprint density at radius 3 is 2.11 bits per heavy atom. The van der Waals surface area contributed by atoms with Crippen LogP contribution in [0, 0.1) is 25.8 Å². The fourth-order valence-corrected chi connectivity index (χ4v) is 6.56. The number of nitrogens with zero attached hydrogens (tertiary/aromatic N) is 2. The van der Waals surface area contributed by atoms with Crippen molar-refractivity contribution in [3.63, 3.8) is 0 Å². The third kappa shape index (κ3) is 6.19. The number of pyridine rings is 2. The number of aromatic nitrogens is 2. The third-order valence-electron chi connectivity index (χ3n) is 6.07. The molecular formula is C33H30IrN2SSi-2. The summed E-state index contributed by atoms with van der Waals surface area (Å²) in [5, 5.41) is 3.91. The topological polar surface area (TPSA) is 25.8 Å². The minimum absolute atomic E-state index is 0. The molecule has 0 N–H and O–H groups in total. The van der Waals surface area contributed by atoms with Crippen LogP contribution in [0.3, 0.4) is 0 Å². The zero-order valence-corrected chi connectivity index (χ0v) is 25.5. The molecule has 0 aliphatic carbocycles. The number of hydrogen-bond donors (Lipinski definition) is 0. The largest absolute Gasteiger partial charge is 0.304 e. The predicted molar refractivity (Wildman–Crippen MR) is 162 cm³/mol. The second-order valence-electron chi connectivity index (χ2n) is 9.80. The summed E-state index contributed by atoms with van der Waals surface area (Å²) in [6, 6.07) is 31.4. The maximum atomic E-state index is 7.51. The summed E-state index contributed by atoms with van der Waals surface area (Å²) < 4.78 is 46.7. The Bertz CT molecular complexity index is 1860. The zero-order chi connectivity index (χ0) is 31.0. The van der Waals surface area contributed by atoms with E-state index in [4.69, 9.17) is 8.22 Å². The van der Waals surface area contributed by atoms with Crippen LogP contribution in [-0.4, -0.2) is 18.0 Å². The monoisotopic (exact) mass is 713 g/mol. The Morgan fingerprint density at radius 2 is 1.50 bits per heavy atom. The fourth-order valence-electron chi connectivity index (χ4n) is 4.05. The summed E-state index contributed by atoms with van der Waals surface area (Å²) in [6.07, 6.45) is 2.84. The molecule has 0 aliphatic heterocycles. The maximum absolute atomic E-state index is 7.51. The van der Waals surface area contributed by atoms with Crippen LogP contribution >= 0.6 is 11.3 Å². The van der Waals surface area contributed by atoms with Crippen LogP contribution in [0.2, 0.25) is 19.6 Å². The van der Waals surface area contributed by atoms with Gasteiger partial charge in [-0.15, -0.1) is 59.7 Å². The Hall–Kier alpha value is -2.95. The van der Waals surface area contributed by atoms with E-state index in [1.165, 1.54) is 33.1 Å². The summed E-state index contributed by atoms with van der Waals surface area (Å²) in [6.45, 7) is 2.85. The van der Waals surface area contributed by atoms with Crippen LogP contribution < -0.4 is 5.19 Å². The van der Waals surface area contributed by atoms with E-state index >= 15 is 0 Å². The zero-order valence-electron chi connectivity index (χ0n) is 27.3. The van der Waals surface area contributed by atoms with Crippen molar-refractivity contribution in [3.8, 4) is 22.5 Å². The fraction of sp³-hybridized carbons (Fsp3) is 0.152. The van der Waals surface area contributed by atoms with Crippen LogP contribution in [0.25, 0.3) is 42.7 Å². The minimum atomic E-state index is -2.13. The van der Waals surface area contributed by atoms with Crippen molar-refractivity contribution < 1.29 is 28.3 Å². The summed E-state index contributed by atoms with van der Waals surface area (Å²) in [4.78, 5) is 8.54.